The van der Waals surface area contributed by atoms with Gasteiger partial charge < -0.3 is 13.8 Å². The maximum Gasteiger partial charge on any atom is 0.416 e. The molecule has 0 atom stereocenters. The number of hydrogen-bond donors (Lipinski definition) is 0. The van der Waals surface area contributed by atoms with E-state index < -0.39 is 26.8 Å². The number of benzene rings is 2. The zero-order valence-corrected chi connectivity index (χ0v) is 20.1. The highest BCUT2D eigenvalue weighted by Crippen LogP contribution is 2.34. The Morgan fingerprint density at radius 1 is 1.12 bits per heavy atom. The highest BCUT2D eigenvalue weighted by Gasteiger charge is 2.33. The fourth-order valence-electron chi connectivity index (χ4n) is 3.69. The molecule has 1 aliphatic rings. The summed E-state index contributed by atoms with van der Waals surface area (Å²) >= 11 is 0. The van der Waals surface area contributed by atoms with Crippen LogP contribution in [0.5, 0.6) is 11.5 Å². The maximum atomic E-state index is 13.0. The average molecular weight is 500 g/mol. The SMILES string of the molecule is COc1ccc(CN(CC(C)C)C(=O)C2CCC2)cc1OS(=O)(=O)c1cccc(C(F)(F)F)c1. The van der Waals surface area contributed by atoms with Gasteiger partial charge in [0.25, 0.3) is 0 Å². The molecule has 0 aromatic heterocycles. The molecule has 0 radical (unpaired) electrons. The normalized spacial score (nSPS) is 14.6. The monoisotopic (exact) mass is 499 g/mol. The number of amides is 1. The van der Waals surface area contributed by atoms with E-state index in [-0.39, 0.29) is 35.8 Å². The van der Waals surface area contributed by atoms with Gasteiger partial charge >= 0.3 is 16.3 Å². The van der Waals surface area contributed by atoms with Crippen LogP contribution in [0.1, 0.15) is 44.2 Å². The van der Waals surface area contributed by atoms with E-state index in [2.05, 4.69) is 0 Å². The van der Waals surface area contributed by atoms with Gasteiger partial charge in [0.15, 0.2) is 11.5 Å². The lowest BCUT2D eigenvalue weighted by Crippen LogP contribution is -2.40. The van der Waals surface area contributed by atoms with Crippen LogP contribution in [0.2, 0.25) is 0 Å². The number of halogens is 3. The van der Waals surface area contributed by atoms with Crippen molar-refractivity contribution >= 4 is 16.0 Å². The molecule has 2 aromatic rings. The molecule has 3 rings (SSSR count). The molecule has 0 bridgehead atoms. The molecule has 1 amide bonds. The molecule has 0 aliphatic heterocycles. The average Bonchev–Trinajstić information content (AvgIpc) is 2.71. The Kier molecular flexibility index (Phi) is 7.80. The third kappa shape index (κ3) is 6.22. The van der Waals surface area contributed by atoms with Crippen LogP contribution in [0.3, 0.4) is 0 Å². The van der Waals surface area contributed by atoms with E-state index in [4.69, 9.17) is 8.92 Å². The molecule has 1 saturated carbocycles. The van der Waals surface area contributed by atoms with Gasteiger partial charge in [0.2, 0.25) is 5.91 Å². The summed E-state index contributed by atoms with van der Waals surface area (Å²) in [6.45, 7) is 4.80. The number of hydrogen-bond acceptors (Lipinski definition) is 5. The first-order chi connectivity index (χ1) is 15.9. The zero-order valence-electron chi connectivity index (χ0n) is 19.3. The highest BCUT2D eigenvalue weighted by atomic mass is 32.2. The van der Waals surface area contributed by atoms with Crippen molar-refractivity contribution in [3.63, 3.8) is 0 Å². The first-order valence-electron chi connectivity index (χ1n) is 11.0. The molecule has 10 heteroatoms. The number of nitrogens with zero attached hydrogens (tertiary/aromatic N) is 1. The first kappa shape index (κ1) is 25.9. The molecular formula is C24H28F3NO5S. The van der Waals surface area contributed by atoms with Crippen molar-refractivity contribution in [2.75, 3.05) is 13.7 Å². The van der Waals surface area contributed by atoms with E-state index in [1.54, 1.807) is 11.0 Å². The molecule has 34 heavy (non-hydrogen) atoms. The second-order valence-electron chi connectivity index (χ2n) is 8.79. The summed E-state index contributed by atoms with van der Waals surface area (Å²) in [5.74, 6) is 0.237. The minimum Gasteiger partial charge on any atom is -0.493 e. The highest BCUT2D eigenvalue weighted by molar-refractivity contribution is 7.87. The molecule has 0 spiro atoms. The fourth-order valence-corrected chi connectivity index (χ4v) is 4.67. The van der Waals surface area contributed by atoms with Gasteiger partial charge in [-0.3, -0.25) is 4.79 Å². The minimum atomic E-state index is -4.70. The van der Waals surface area contributed by atoms with Crippen LogP contribution in [0, 0.1) is 11.8 Å². The molecule has 186 valence electrons. The standard InChI is InChI=1S/C24H28F3NO5S/c1-16(2)14-28(23(29)18-6-4-7-18)15-17-10-11-21(32-3)22(12-17)33-34(30,31)20-9-5-8-19(13-20)24(25,26)27/h5,8-13,16,18H,4,6-7,14-15H2,1-3H3. The molecule has 6 nitrogen and oxygen atoms in total. The molecule has 0 N–H and O–H groups in total. The molecule has 1 fully saturated rings. The van der Waals surface area contributed by atoms with Crippen LogP contribution in [0.15, 0.2) is 47.4 Å². The number of carbonyl (C=O) groups excluding carboxylic acids is 1. The van der Waals surface area contributed by atoms with Crippen LogP contribution in [-0.2, 0) is 27.6 Å². The van der Waals surface area contributed by atoms with Gasteiger partial charge in [0.1, 0.15) is 4.90 Å². The number of alkyl halides is 3. The summed E-state index contributed by atoms with van der Waals surface area (Å²) in [5, 5.41) is 0. The van der Waals surface area contributed by atoms with E-state index >= 15 is 0 Å². The van der Waals surface area contributed by atoms with Crippen LogP contribution in [0.25, 0.3) is 0 Å². The predicted molar refractivity (Wildman–Crippen MR) is 120 cm³/mol. The molecule has 0 unspecified atom stereocenters. The van der Waals surface area contributed by atoms with Gasteiger partial charge in [-0.05, 0) is 54.7 Å². The number of ether oxygens (including phenoxy) is 1. The summed E-state index contributed by atoms with van der Waals surface area (Å²) < 4.78 is 75.0. The Bertz CT molecular complexity index is 1130. The lowest BCUT2D eigenvalue weighted by Gasteiger charge is -2.33. The summed E-state index contributed by atoms with van der Waals surface area (Å²) in [6.07, 6.45) is -1.95. The zero-order chi connectivity index (χ0) is 25.1. The molecule has 2 aromatic carbocycles. The largest absolute Gasteiger partial charge is 0.493 e. The van der Waals surface area contributed by atoms with Crippen molar-refractivity contribution < 1.29 is 35.3 Å². The van der Waals surface area contributed by atoms with Crippen molar-refractivity contribution in [2.24, 2.45) is 11.8 Å². The van der Waals surface area contributed by atoms with E-state index in [1.165, 1.54) is 19.2 Å². The number of carbonyl (C=O) groups is 1. The minimum absolute atomic E-state index is 0.00834. The van der Waals surface area contributed by atoms with Crippen LogP contribution in [-0.4, -0.2) is 32.9 Å². The second-order valence-corrected chi connectivity index (χ2v) is 10.3. The third-order valence-electron chi connectivity index (χ3n) is 5.60. The first-order valence-corrected chi connectivity index (χ1v) is 12.4. The molecular weight excluding hydrogens is 471 g/mol. The van der Waals surface area contributed by atoms with E-state index in [0.29, 0.717) is 18.2 Å². The number of methoxy groups -OCH3 is 1. The fraction of sp³-hybridized carbons (Fsp3) is 0.458. The van der Waals surface area contributed by atoms with Gasteiger partial charge in [0.05, 0.1) is 12.7 Å². The molecule has 0 heterocycles. The Morgan fingerprint density at radius 3 is 2.38 bits per heavy atom. The van der Waals surface area contributed by atoms with Crippen molar-refractivity contribution in [3.8, 4) is 11.5 Å². The third-order valence-corrected chi connectivity index (χ3v) is 6.83. The quantitative estimate of drug-likeness (QED) is 0.440. The Hall–Kier alpha value is -2.75. The van der Waals surface area contributed by atoms with Gasteiger partial charge in [-0.25, -0.2) is 0 Å². The molecule has 0 saturated heterocycles. The van der Waals surface area contributed by atoms with Crippen molar-refractivity contribution in [3.05, 3.63) is 53.6 Å². The van der Waals surface area contributed by atoms with Crippen LogP contribution < -0.4 is 8.92 Å². The van der Waals surface area contributed by atoms with Gasteiger partial charge in [-0.1, -0.05) is 32.4 Å². The van der Waals surface area contributed by atoms with Crippen LogP contribution >= 0.6 is 0 Å². The lowest BCUT2D eigenvalue weighted by molar-refractivity contribution is -0.139. The van der Waals surface area contributed by atoms with Crippen molar-refractivity contribution in [1.29, 1.82) is 0 Å². The summed E-state index contributed by atoms with van der Waals surface area (Å²) in [7, 11) is -3.25. The Morgan fingerprint density at radius 2 is 1.82 bits per heavy atom. The summed E-state index contributed by atoms with van der Waals surface area (Å²) in [4.78, 5) is 14.0. The topological polar surface area (TPSA) is 72.9 Å². The Labute approximate surface area is 197 Å². The predicted octanol–water partition coefficient (Wildman–Crippen LogP) is 5.27. The van der Waals surface area contributed by atoms with E-state index in [9.17, 15) is 26.4 Å². The summed E-state index contributed by atoms with van der Waals surface area (Å²) in [6, 6.07) is 7.98. The number of rotatable bonds is 9. The smallest absolute Gasteiger partial charge is 0.416 e. The second kappa shape index (κ2) is 10.2. The van der Waals surface area contributed by atoms with Crippen LogP contribution in [0.4, 0.5) is 13.2 Å². The van der Waals surface area contributed by atoms with Crippen molar-refractivity contribution in [1.82, 2.24) is 4.90 Å². The van der Waals surface area contributed by atoms with E-state index in [0.717, 1.165) is 37.5 Å². The van der Waals surface area contributed by atoms with Crippen molar-refractivity contribution in [2.45, 2.75) is 50.7 Å². The van der Waals surface area contributed by atoms with Gasteiger partial charge in [-0.15, -0.1) is 0 Å². The van der Waals surface area contributed by atoms with Gasteiger partial charge in [0, 0.05) is 19.0 Å². The Balaban J connectivity index is 1.88. The van der Waals surface area contributed by atoms with Gasteiger partial charge in [-0.2, -0.15) is 21.6 Å². The summed E-state index contributed by atoms with van der Waals surface area (Å²) in [5.41, 5.74) is -0.486. The van der Waals surface area contributed by atoms with E-state index in [1.807, 2.05) is 13.8 Å². The lowest BCUT2D eigenvalue weighted by atomic mass is 9.84. The molecule has 1 aliphatic carbocycles. The maximum absolute atomic E-state index is 13.0.